The second-order valence-electron chi connectivity index (χ2n) is 4.99. The van der Waals surface area contributed by atoms with Crippen LogP contribution in [0.5, 0.6) is 0 Å². The highest BCUT2D eigenvalue weighted by Gasteiger charge is 2.13. The Morgan fingerprint density at radius 1 is 0.909 bits per heavy atom. The summed E-state index contributed by atoms with van der Waals surface area (Å²) in [5, 5.41) is 14.5. The third-order valence-corrected chi connectivity index (χ3v) is 4.03. The lowest BCUT2D eigenvalue weighted by Crippen LogP contribution is -1.98. The number of pyridine rings is 1. The van der Waals surface area contributed by atoms with Crippen LogP contribution in [0, 0.1) is 4.77 Å². The van der Waals surface area contributed by atoms with Crippen LogP contribution in [0.3, 0.4) is 0 Å². The van der Waals surface area contributed by atoms with Crippen molar-refractivity contribution in [3.63, 3.8) is 0 Å². The second-order valence-corrected chi connectivity index (χ2v) is 5.38. The van der Waals surface area contributed by atoms with E-state index in [2.05, 4.69) is 25.3 Å². The zero-order valence-electron chi connectivity index (χ0n) is 11.2. The maximum Gasteiger partial charge on any atom is 0.271 e. The van der Waals surface area contributed by atoms with E-state index >= 15 is 0 Å². The van der Waals surface area contributed by atoms with Gasteiger partial charge >= 0.3 is 0 Å². The largest absolute Gasteiger partial charge is 0.271 e. The van der Waals surface area contributed by atoms with Gasteiger partial charge in [0.15, 0.2) is 0 Å². The summed E-state index contributed by atoms with van der Waals surface area (Å²) in [7, 11) is 0. The van der Waals surface area contributed by atoms with E-state index in [1.807, 2.05) is 36.4 Å². The van der Waals surface area contributed by atoms with Gasteiger partial charge in [-0.05, 0) is 24.4 Å². The van der Waals surface area contributed by atoms with Gasteiger partial charge in [0.2, 0.25) is 4.77 Å². The van der Waals surface area contributed by atoms with Gasteiger partial charge < -0.3 is 0 Å². The van der Waals surface area contributed by atoms with Crippen molar-refractivity contribution in [2.75, 3.05) is 0 Å². The molecule has 0 spiro atoms. The van der Waals surface area contributed by atoms with Crippen molar-refractivity contribution in [2.24, 2.45) is 0 Å². The predicted octanol–water partition coefficient (Wildman–Crippen LogP) is 3.04. The van der Waals surface area contributed by atoms with Crippen LogP contribution in [0.4, 0.5) is 0 Å². The molecule has 0 aliphatic carbocycles. The van der Waals surface area contributed by atoms with E-state index in [4.69, 9.17) is 12.2 Å². The van der Waals surface area contributed by atoms with Gasteiger partial charge in [0.25, 0.3) is 5.78 Å². The smallest absolute Gasteiger partial charge is 0.256 e. The van der Waals surface area contributed by atoms with Gasteiger partial charge in [-0.25, -0.2) is 10.1 Å². The van der Waals surface area contributed by atoms with E-state index in [1.54, 1.807) is 10.7 Å². The number of hydrogen-bond acceptors (Lipinski definition) is 5. The molecule has 0 saturated heterocycles. The number of aromatic amines is 1. The van der Waals surface area contributed by atoms with Crippen molar-refractivity contribution in [3.05, 3.63) is 47.4 Å². The zero-order chi connectivity index (χ0) is 14.7. The molecule has 2 aromatic carbocycles. The Morgan fingerprint density at radius 2 is 1.68 bits per heavy atom. The summed E-state index contributed by atoms with van der Waals surface area (Å²) in [6, 6.07) is 12.0. The second kappa shape index (κ2) is 4.05. The van der Waals surface area contributed by atoms with Crippen LogP contribution in [0.2, 0.25) is 0 Å². The number of nitrogens with zero attached hydrogens (tertiary/aromatic N) is 5. The van der Waals surface area contributed by atoms with Crippen LogP contribution >= 0.6 is 12.2 Å². The van der Waals surface area contributed by atoms with E-state index in [-0.39, 0.29) is 0 Å². The Kier molecular flexibility index (Phi) is 2.15. The van der Waals surface area contributed by atoms with Gasteiger partial charge in [-0.2, -0.15) is 9.61 Å². The summed E-state index contributed by atoms with van der Waals surface area (Å²) in [6.07, 6.45) is 1.79. The standard InChI is InChI=1S/C15H8N6S/c22-15-19-18-14-17-12-9-5-2-1-4-8(9)11-10(6-3-7-16-11)13(12)20-21(14)15/h1-7H,(H,19,22). The van der Waals surface area contributed by atoms with Crippen LogP contribution in [0.1, 0.15) is 0 Å². The monoisotopic (exact) mass is 304 g/mol. The van der Waals surface area contributed by atoms with E-state index in [9.17, 15) is 0 Å². The summed E-state index contributed by atoms with van der Waals surface area (Å²) in [5.41, 5.74) is 2.48. The molecule has 3 aromatic heterocycles. The third-order valence-electron chi connectivity index (χ3n) is 3.77. The number of hydrogen-bond donors (Lipinski definition) is 1. The Balaban J connectivity index is 2.21. The fourth-order valence-corrected chi connectivity index (χ4v) is 2.99. The topological polar surface area (TPSA) is 71.8 Å². The Labute approximate surface area is 128 Å². The molecule has 3 heterocycles. The predicted molar refractivity (Wildman–Crippen MR) is 86.3 cm³/mol. The van der Waals surface area contributed by atoms with E-state index in [0.717, 1.165) is 32.7 Å². The lowest BCUT2D eigenvalue weighted by molar-refractivity contribution is 0.923. The molecule has 0 aliphatic rings. The van der Waals surface area contributed by atoms with Crippen molar-refractivity contribution >= 4 is 50.7 Å². The third kappa shape index (κ3) is 1.40. The summed E-state index contributed by atoms with van der Waals surface area (Å²) >= 11 is 5.20. The minimum Gasteiger partial charge on any atom is -0.256 e. The maximum absolute atomic E-state index is 5.20. The van der Waals surface area contributed by atoms with Crippen LogP contribution in [-0.2, 0) is 0 Å². The number of aromatic nitrogens is 6. The fraction of sp³-hybridized carbons (Fsp3) is 0. The first-order valence-corrected chi connectivity index (χ1v) is 7.14. The summed E-state index contributed by atoms with van der Waals surface area (Å²) in [4.78, 5) is 9.16. The maximum atomic E-state index is 5.20. The first kappa shape index (κ1) is 11.7. The van der Waals surface area contributed by atoms with Gasteiger partial charge in [-0.15, -0.1) is 5.10 Å². The molecule has 0 bridgehead atoms. The van der Waals surface area contributed by atoms with Crippen molar-refractivity contribution in [1.82, 2.24) is 29.8 Å². The molecule has 7 heteroatoms. The van der Waals surface area contributed by atoms with Crippen LogP contribution in [0.15, 0.2) is 42.6 Å². The molecule has 0 atom stereocenters. The molecule has 0 unspecified atom stereocenters. The minimum absolute atomic E-state index is 0.426. The Morgan fingerprint density at radius 3 is 2.55 bits per heavy atom. The molecule has 22 heavy (non-hydrogen) atoms. The number of rotatable bonds is 0. The quantitative estimate of drug-likeness (QED) is 0.352. The molecule has 5 rings (SSSR count). The first-order valence-electron chi connectivity index (χ1n) is 6.73. The highest BCUT2D eigenvalue weighted by atomic mass is 32.1. The highest BCUT2D eigenvalue weighted by Crippen LogP contribution is 2.31. The first-order chi connectivity index (χ1) is 10.8. The Hall–Kier alpha value is -2.93. The summed E-state index contributed by atoms with van der Waals surface area (Å²) in [6.45, 7) is 0. The van der Waals surface area contributed by atoms with Crippen LogP contribution < -0.4 is 0 Å². The van der Waals surface area contributed by atoms with Crippen molar-refractivity contribution in [2.45, 2.75) is 0 Å². The molecule has 0 saturated carbocycles. The molecular formula is C15H8N6S. The lowest BCUT2D eigenvalue weighted by Gasteiger charge is -2.07. The normalized spacial score (nSPS) is 11.8. The molecular weight excluding hydrogens is 296 g/mol. The molecule has 0 amide bonds. The van der Waals surface area contributed by atoms with E-state index < -0.39 is 0 Å². The number of benzene rings is 2. The molecule has 5 aromatic rings. The summed E-state index contributed by atoms with van der Waals surface area (Å²) < 4.78 is 1.97. The van der Waals surface area contributed by atoms with E-state index in [1.165, 1.54) is 0 Å². The van der Waals surface area contributed by atoms with Gasteiger partial charge in [-0.3, -0.25) is 4.98 Å². The lowest BCUT2D eigenvalue weighted by atomic mass is 10.0. The fourth-order valence-electron chi connectivity index (χ4n) is 2.82. The molecule has 0 aliphatic heterocycles. The van der Waals surface area contributed by atoms with Gasteiger partial charge in [-0.1, -0.05) is 24.3 Å². The zero-order valence-corrected chi connectivity index (χ0v) is 12.0. The average molecular weight is 304 g/mol. The number of fused-ring (bicyclic) bond motifs is 7. The van der Waals surface area contributed by atoms with Crippen molar-refractivity contribution in [1.29, 1.82) is 0 Å². The number of H-pyrrole nitrogens is 1. The minimum atomic E-state index is 0.426. The molecule has 0 radical (unpaired) electrons. The highest BCUT2D eigenvalue weighted by molar-refractivity contribution is 7.71. The molecule has 6 nitrogen and oxygen atoms in total. The molecule has 0 fully saturated rings. The number of nitrogens with one attached hydrogen (secondary N) is 1. The van der Waals surface area contributed by atoms with Crippen molar-refractivity contribution in [3.8, 4) is 0 Å². The SMILES string of the molecule is S=c1[nH]nc2nc3c4ccccc4c4ncccc4c3nn12. The average Bonchev–Trinajstić information content (AvgIpc) is 2.94. The van der Waals surface area contributed by atoms with Crippen molar-refractivity contribution < 1.29 is 0 Å². The van der Waals surface area contributed by atoms with Gasteiger partial charge in [0.1, 0.15) is 11.0 Å². The van der Waals surface area contributed by atoms with Crippen LogP contribution in [0.25, 0.3) is 38.5 Å². The van der Waals surface area contributed by atoms with E-state index in [0.29, 0.717) is 10.5 Å². The van der Waals surface area contributed by atoms with Gasteiger partial charge in [0, 0.05) is 22.4 Å². The van der Waals surface area contributed by atoms with Crippen LogP contribution in [-0.4, -0.2) is 29.8 Å². The summed E-state index contributed by atoms with van der Waals surface area (Å²) in [5.74, 6) is 0.464. The Bertz CT molecular complexity index is 1250. The molecule has 1 N–H and O–H groups in total. The van der Waals surface area contributed by atoms with Gasteiger partial charge in [0.05, 0.1) is 5.52 Å². The molecule has 104 valence electrons.